The van der Waals surface area contributed by atoms with Gasteiger partial charge < -0.3 is 5.32 Å². The van der Waals surface area contributed by atoms with Crippen LogP contribution in [0.25, 0.3) is 0 Å². The average Bonchev–Trinajstić information content (AvgIpc) is 2.01. The van der Waals surface area contributed by atoms with Crippen LogP contribution in [0.5, 0.6) is 0 Å². The molecular weight excluding hydrogens is 164 g/mol. The molecule has 0 aliphatic heterocycles. The van der Waals surface area contributed by atoms with Crippen molar-refractivity contribution in [1.29, 1.82) is 0 Å². The summed E-state index contributed by atoms with van der Waals surface area (Å²) >= 11 is 0. The number of nitrogens with zero attached hydrogens (tertiary/aromatic N) is 1. The maximum absolute atomic E-state index is 10.4. The maximum Gasteiger partial charge on any atom is 0.168 e. The molecule has 0 amide bonds. The molecule has 0 bridgehead atoms. The van der Waals surface area contributed by atoms with Crippen molar-refractivity contribution in [3.05, 3.63) is 24.0 Å². The van der Waals surface area contributed by atoms with Gasteiger partial charge in [-0.1, -0.05) is 0 Å². The van der Waals surface area contributed by atoms with Crippen molar-refractivity contribution in [2.45, 2.75) is 26.3 Å². The third kappa shape index (κ3) is 3.23. The lowest BCUT2D eigenvalue weighted by Crippen LogP contribution is -2.26. The number of pyridine rings is 1. The van der Waals surface area contributed by atoms with Crippen LogP contribution in [0.3, 0.4) is 0 Å². The highest BCUT2D eigenvalue weighted by atomic mass is 16.1. The summed E-state index contributed by atoms with van der Waals surface area (Å²) in [6.45, 7) is 6.19. The third-order valence-corrected chi connectivity index (χ3v) is 1.42. The molecule has 1 aromatic rings. The number of anilines is 1. The summed E-state index contributed by atoms with van der Waals surface area (Å²) in [6.07, 6.45) is 2.37. The quantitative estimate of drug-likeness (QED) is 0.705. The number of carbonyl (C=O) groups is 1. The van der Waals surface area contributed by atoms with Gasteiger partial charge in [-0.3, -0.25) is 9.78 Å². The lowest BCUT2D eigenvalue weighted by molar-refractivity contribution is 0.111. The van der Waals surface area contributed by atoms with Crippen LogP contribution in [0, 0.1) is 0 Å². The van der Waals surface area contributed by atoms with Gasteiger partial charge in [-0.15, -0.1) is 0 Å². The van der Waals surface area contributed by atoms with Crippen LogP contribution in [0.15, 0.2) is 18.3 Å². The van der Waals surface area contributed by atoms with Gasteiger partial charge in [0, 0.05) is 17.4 Å². The van der Waals surface area contributed by atoms with Crippen molar-refractivity contribution in [3.8, 4) is 0 Å². The monoisotopic (exact) mass is 178 g/mol. The molecule has 0 spiro atoms. The minimum atomic E-state index is 0.00150. The van der Waals surface area contributed by atoms with E-state index in [1.807, 2.05) is 6.07 Å². The van der Waals surface area contributed by atoms with Gasteiger partial charge in [0.05, 0.1) is 0 Å². The number of hydrogen-bond acceptors (Lipinski definition) is 3. The predicted octanol–water partition coefficient (Wildman–Crippen LogP) is 2.10. The van der Waals surface area contributed by atoms with E-state index in [4.69, 9.17) is 0 Å². The molecule has 0 fully saturated rings. The van der Waals surface area contributed by atoms with Crippen molar-refractivity contribution in [2.24, 2.45) is 0 Å². The molecule has 1 heterocycles. The van der Waals surface area contributed by atoms with Crippen molar-refractivity contribution >= 4 is 12.0 Å². The Morgan fingerprint density at radius 1 is 1.46 bits per heavy atom. The second-order valence-electron chi connectivity index (χ2n) is 3.96. The lowest BCUT2D eigenvalue weighted by Gasteiger charge is -2.21. The van der Waals surface area contributed by atoms with E-state index in [9.17, 15) is 4.79 Å². The first kappa shape index (κ1) is 9.71. The van der Waals surface area contributed by atoms with Crippen LogP contribution in [-0.4, -0.2) is 16.8 Å². The van der Waals surface area contributed by atoms with Crippen LogP contribution in [0.2, 0.25) is 0 Å². The van der Waals surface area contributed by atoms with E-state index in [-0.39, 0.29) is 5.54 Å². The SMILES string of the molecule is CC(C)(C)Nc1ccnc(C=O)c1. The summed E-state index contributed by atoms with van der Waals surface area (Å²) in [5.41, 5.74) is 1.38. The fourth-order valence-corrected chi connectivity index (χ4v) is 1.02. The summed E-state index contributed by atoms with van der Waals surface area (Å²) in [5.74, 6) is 0. The summed E-state index contributed by atoms with van der Waals surface area (Å²) in [5, 5.41) is 3.26. The highest BCUT2D eigenvalue weighted by Gasteiger charge is 2.08. The molecule has 3 nitrogen and oxygen atoms in total. The van der Waals surface area contributed by atoms with E-state index in [1.165, 1.54) is 0 Å². The molecule has 0 aliphatic rings. The Kier molecular flexibility index (Phi) is 2.66. The Morgan fingerprint density at radius 2 is 2.15 bits per heavy atom. The smallest absolute Gasteiger partial charge is 0.168 e. The van der Waals surface area contributed by atoms with Crippen LogP contribution >= 0.6 is 0 Å². The Bertz CT molecular complexity index is 302. The molecule has 70 valence electrons. The van der Waals surface area contributed by atoms with Crippen LogP contribution in [0.1, 0.15) is 31.3 Å². The second kappa shape index (κ2) is 3.56. The normalized spacial score (nSPS) is 11.0. The molecule has 0 saturated heterocycles. The van der Waals surface area contributed by atoms with Gasteiger partial charge in [0.2, 0.25) is 0 Å². The molecule has 1 aromatic heterocycles. The van der Waals surface area contributed by atoms with Crippen LogP contribution in [-0.2, 0) is 0 Å². The number of aldehydes is 1. The fourth-order valence-electron chi connectivity index (χ4n) is 1.02. The molecule has 0 atom stereocenters. The fraction of sp³-hybridized carbons (Fsp3) is 0.400. The van der Waals surface area contributed by atoms with Gasteiger partial charge in [0.1, 0.15) is 5.69 Å². The minimum absolute atomic E-state index is 0.00150. The van der Waals surface area contributed by atoms with Crippen molar-refractivity contribution < 1.29 is 4.79 Å². The molecule has 13 heavy (non-hydrogen) atoms. The third-order valence-electron chi connectivity index (χ3n) is 1.42. The van der Waals surface area contributed by atoms with Gasteiger partial charge in [-0.2, -0.15) is 0 Å². The van der Waals surface area contributed by atoms with E-state index in [1.54, 1.807) is 12.3 Å². The van der Waals surface area contributed by atoms with Crippen LogP contribution in [0.4, 0.5) is 5.69 Å². The topological polar surface area (TPSA) is 42.0 Å². The molecule has 0 aromatic carbocycles. The van der Waals surface area contributed by atoms with E-state index >= 15 is 0 Å². The van der Waals surface area contributed by atoms with Gasteiger partial charge >= 0.3 is 0 Å². The Morgan fingerprint density at radius 3 is 2.69 bits per heavy atom. The number of rotatable bonds is 2. The number of nitrogens with one attached hydrogen (secondary N) is 1. The highest BCUT2D eigenvalue weighted by Crippen LogP contribution is 2.13. The van der Waals surface area contributed by atoms with Gasteiger partial charge in [0.25, 0.3) is 0 Å². The van der Waals surface area contributed by atoms with Crippen LogP contribution < -0.4 is 5.32 Å². The Labute approximate surface area is 78.2 Å². The predicted molar refractivity (Wildman–Crippen MR) is 53.0 cm³/mol. The molecule has 3 heteroatoms. The first-order valence-electron chi connectivity index (χ1n) is 4.21. The summed E-state index contributed by atoms with van der Waals surface area (Å²) < 4.78 is 0. The van der Waals surface area contributed by atoms with E-state index < -0.39 is 0 Å². The highest BCUT2D eigenvalue weighted by molar-refractivity contribution is 5.73. The largest absolute Gasteiger partial charge is 0.380 e. The van der Waals surface area contributed by atoms with E-state index in [0.29, 0.717) is 5.69 Å². The summed E-state index contributed by atoms with van der Waals surface area (Å²) in [4.78, 5) is 14.3. The zero-order chi connectivity index (χ0) is 9.90. The zero-order valence-electron chi connectivity index (χ0n) is 8.16. The molecule has 0 radical (unpaired) electrons. The standard InChI is InChI=1S/C10H14N2O/c1-10(2,3)12-8-4-5-11-9(6-8)7-13/h4-7H,1-3H3,(H,11,12). The van der Waals surface area contributed by atoms with Gasteiger partial charge in [-0.05, 0) is 32.9 Å². The average molecular weight is 178 g/mol. The van der Waals surface area contributed by atoms with Crippen molar-refractivity contribution in [2.75, 3.05) is 5.32 Å². The van der Waals surface area contributed by atoms with Crippen molar-refractivity contribution in [3.63, 3.8) is 0 Å². The number of carbonyl (C=O) groups excluding carboxylic acids is 1. The summed E-state index contributed by atoms with van der Waals surface area (Å²) in [6, 6.07) is 3.58. The molecule has 0 saturated carbocycles. The maximum atomic E-state index is 10.4. The van der Waals surface area contributed by atoms with Gasteiger partial charge in [0.15, 0.2) is 6.29 Å². The molecule has 0 unspecified atom stereocenters. The Hall–Kier alpha value is -1.38. The van der Waals surface area contributed by atoms with Crippen molar-refractivity contribution in [1.82, 2.24) is 4.98 Å². The number of hydrogen-bond donors (Lipinski definition) is 1. The Balaban J connectivity index is 2.84. The van der Waals surface area contributed by atoms with E-state index in [0.717, 1.165) is 12.0 Å². The summed E-state index contributed by atoms with van der Waals surface area (Å²) in [7, 11) is 0. The first-order valence-corrected chi connectivity index (χ1v) is 4.21. The zero-order valence-corrected chi connectivity index (χ0v) is 8.16. The molecule has 0 aliphatic carbocycles. The molecule has 1 rings (SSSR count). The second-order valence-corrected chi connectivity index (χ2v) is 3.96. The van der Waals surface area contributed by atoms with E-state index in [2.05, 4.69) is 31.1 Å². The molecular formula is C10H14N2O. The number of aromatic nitrogens is 1. The van der Waals surface area contributed by atoms with Gasteiger partial charge in [-0.25, -0.2) is 0 Å². The molecule has 1 N–H and O–H groups in total. The minimum Gasteiger partial charge on any atom is -0.380 e. The first-order chi connectivity index (χ1) is 6.01. The lowest BCUT2D eigenvalue weighted by atomic mass is 10.1.